The second-order valence-electron chi connectivity index (χ2n) is 5.71. The quantitative estimate of drug-likeness (QED) is 0.658. The summed E-state index contributed by atoms with van der Waals surface area (Å²) in [6.45, 7) is 3.87. The van der Waals surface area contributed by atoms with Gasteiger partial charge < -0.3 is 15.3 Å². The van der Waals surface area contributed by atoms with Crippen molar-refractivity contribution >= 4 is 17.6 Å². The Kier molecular flexibility index (Phi) is 5.36. The molecule has 2 N–H and O–H groups in total. The van der Waals surface area contributed by atoms with Crippen LogP contribution < -0.4 is 5.32 Å². The maximum Gasteiger partial charge on any atom is 0.335 e. The first-order valence-electron chi connectivity index (χ1n) is 7.50. The summed E-state index contributed by atoms with van der Waals surface area (Å²) >= 11 is 0. The highest BCUT2D eigenvalue weighted by molar-refractivity contribution is 6.06. The van der Waals surface area contributed by atoms with Gasteiger partial charge in [0.2, 0.25) is 0 Å². The summed E-state index contributed by atoms with van der Waals surface area (Å²) < 4.78 is 0. The van der Waals surface area contributed by atoms with Crippen LogP contribution in [0, 0.1) is 17.2 Å². The van der Waals surface area contributed by atoms with Gasteiger partial charge in [-0.15, -0.1) is 0 Å². The van der Waals surface area contributed by atoms with Crippen molar-refractivity contribution in [1.82, 2.24) is 4.90 Å². The van der Waals surface area contributed by atoms with Crippen LogP contribution in [0.1, 0.15) is 30.1 Å². The third-order valence-electron chi connectivity index (χ3n) is 3.88. The van der Waals surface area contributed by atoms with Gasteiger partial charge in [0, 0.05) is 25.0 Å². The van der Waals surface area contributed by atoms with Crippen LogP contribution in [0.25, 0.3) is 0 Å². The van der Waals surface area contributed by atoms with Gasteiger partial charge in [0.25, 0.3) is 5.91 Å². The predicted octanol–water partition coefficient (Wildman–Crippen LogP) is 2.46. The first-order chi connectivity index (χ1) is 11.0. The summed E-state index contributed by atoms with van der Waals surface area (Å²) in [4.78, 5) is 24.9. The lowest BCUT2D eigenvalue weighted by atomic mass is 9.99. The molecule has 6 heteroatoms. The molecule has 1 aliphatic heterocycles. The first kappa shape index (κ1) is 16.6. The Morgan fingerprint density at radius 3 is 2.43 bits per heavy atom. The van der Waals surface area contributed by atoms with Gasteiger partial charge >= 0.3 is 5.97 Å². The molecule has 1 aromatic carbocycles. The smallest absolute Gasteiger partial charge is 0.335 e. The molecule has 1 heterocycles. The topological polar surface area (TPSA) is 93.4 Å². The zero-order valence-electron chi connectivity index (χ0n) is 13.0. The molecule has 0 unspecified atom stereocenters. The number of nitriles is 1. The van der Waals surface area contributed by atoms with Gasteiger partial charge in [-0.25, -0.2) is 4.79 Å². The van der Waals surface area contributed by atoms with Gasteiger partial charge in [-0.2, -0.15) is 5.26 Å². The molecule has 1 fully saturated rings. The fourth-order valence-electron chi connectivity index (χ4n) is 2.37. The number of hydrogen-bond donors (Lipinski definition) is 2. The lowest BCUT2D eigenvalue weighted by Gasteiger charge is -2.29. The standard InChI is InChI=1S/C17H19N3O3/c1-12-6-8-20(9-7-12)11-14(10-18)16(21)19-15-4-2-13(3-5-15)17(22)23/h2-5,11-12H,6-9H2,1H3,(H,19,21)(H,22,23)/b14-11-. The van der Waals surface area contributed by atoms with E-state index in [1.54, 1.807) is 6.20 Å². The van der Waals surface area contributed by atoms with E-state index in [4.69, 9.17) is 5.11 Å². The molecule has 1 aliphatic rings. The Labute approximate surface area is 135 Å². The van der Waals surface area contributed by atoms with Crippen LogP contribution in [0.15, 0.2) is 36.0 Å². The van der Waals surface area contributed by atoms with Crippen molar-refractivity contribution in [3.63, 3.8) is 0 Å². The first-order valence-corrected chi connectivity index (χ1v) is 7.50. The van der Waals surface area contributed by atoms with E-state index in [1.165, 1.54) is 24.3 Å². The fraction of sp³-hybridized carbons (Fsp3) is 0.353. The number of rotatable bonds is 4. The van der Waals surface area contributed by atoms with Gasteiger partial charge in [0.1, 0.15) is 11.6 Å². The van der Waals surface area contributed by atoms with Crippen LogP contribution in [-0.2, 0) is 4.79 Å². The molecule has 1 saturated heterocycles. The molecule has 120 valence electrons. The molecular formula is C17H19N3O3. The summed E-state index contributed by atoms with van der Waals surface area (Å²) in [7, 11) is 0. The summed E-state index contributed by atoms with van der Waals surface area (Å²) in [5, 5.41) is 20.6. The largest absolute Gasteiger partial charge is 0.478 e. The number of aromatic carboxylic acids is 1. The van der Waals surface area contributed by atoms with Gasteiger partial charge in [-0.1, -0.05) is 6.92 Å². The fourth-order valence-corrected chi connectivity index (χ4v) is 2.37. The lowest BCUT2D eigenvalue weighted by Crippen LogP contribution is -2.29. The highest BCUT2D eigenvalue weighted by Gasteiger charge is 2.16. The summed E-state index contributed by atoms with van der Waals surface area (Å²) in [5.41, 5.74) is 0.636. The molecule has 0 saturated carbocycles. The zero-order valence-corrected chi connectivity index (χ0v) is 13.0. The molecule has 0 aromatic heterocycles. The molecule has 1 amide bonds. The maximum atomic E-state index is 12.2. The number of hydrogen-bond acceptors (Lipinski definition) is 4. The molecule has 0 spiro atoms. The average Bonchev–Trinajstić information content (AvgIpc) is 2.54. The number of carbonyl (C=O) groups is 2. The van der Waals surface area contributed by atoms with Crippen molar-refractivity contribution in [3.8, 4) is 6.07 Å². The maximum absolute atomic E-state index is 12.2. The molecule has 0 aliphatic carbocycles. The number of anilines is 1. The number of carboxylic acid groups (broad SMARTS) is 1. The monoisotopic (exact) mass is 313 g/mol. The number of amides is 1. The van der Waals surface area contributed by atoms with E-state index >= 15 is 0 Å². The van der Waals surface area contributed by atoms with Crippen LogP contribution in [-0.4, -0.2) is 35.0 Å². The Bertz CT molecular complexity index is 651. The van der Waals surface area contributed by atoms with Gasteiger partial charge in [-0.3, -0.25) is 4.79 Å². The van der Waals surface area contributed by atoms with E-state index < -0.39 is 11.9 Å². The number of benzene rings is 1. The SMILES string of the molecule is CC1CCN(/C=C(/C#N)C(=O)Nc2ccc(C(=O)O)cc2)CC1. The number of carboxylic acids is 1. The van der Waals surface area contributed by atoms with Crippen LogP contribution in [0.4, 0.5) is 5.69 Å². The summed E-state index contributed by atoms with van der Waals surface area (Å²) in [6.07, 6.45) is 3.70. The van der Waals surface area contributed by atoms with Crippen molar-refractivity contribution in [3.05, 3.63) is 41.6 Å². The molecule has 0 atom stereocenters. The Balaban J connectivity index is 2.02. The number of carbonyl (C=O) groups excluding carboxylic acids is 1. The third kappa shape index (κ3) is 4.58. The normalized spacial score (nSPS) is 15.8. The number of piperidine rings is 1. The highest BCUT2D eigenvalue weighted by Crippen LogP contribution is 2.17. The Hall–Kier alpha value is -2.81. The number of nitrogens with zero attached hydrogens (tertiary/aromatic N) is 2. The highest BCUT2D eigenvalue weighted by atomic mass is 16.4. The third-order valence-corrected chi connectivity index (χ3v) is 3.88. The van der Waals surface area contributed by atoms with E-state index in [-0.39, 0.29) is 11.1 Å². The number of nitrogens with one attached hydrogen (secondary N) is 1. The predicted molar refractivity (Wildman–Crippen MR) is 85.7 cm³/mol. The van der Waals surface area contributed by atoms with Crippen molar-refractivity contribution in [1.29, 1.82) is 5.26 Å². The van der Waals surface area contributed by atoms with Gasteiger partial charge in [0.05, 0.1) is 5.56 Å². The Morgan fingerprint density at radius 1 is 1.30 bits per heavy atom. The number of likely N-dealkylation sites (tertiary alicyclic amines) is 1. The second kappa shape index (κ2) is 7.45. The minimum absolute atomic E-state index is 0.0434. The van der Waals surface area contributed by atoms with Crippen molar-refractivity contribution < 1.29 is 14.7 Å². The average molecular weight is 313 g/mol. The molecule has 6 nitrogen and oxygen atoms in total. The van der Waals surface area contributed by atoms with Crippen LogP contribution in [0.2, 0.25) is 0 Å². The molecular weight excluding hydrogens is 294 g/mol. The van der Waals surface area contributed by atoms with E-state index in [0.717, 1.165) is 25.9 Å². The van der Waals surface area contributed by atoms with E-state index in [1.807, 2.05) is 11.0 Å². The van der Waals surface area contributed by atoms with Crippen molar-refractivity contribution in [2.45, 2.75) is 19.8 Å². The molecule has 0 radical (unpaired) electrons. The van der Waals surface area contributed by atoms with E-state index in [0.29, 0.717) is 11.6 Å². The molecule has 1 aromatic rings. The lowest BCUT2D eigenvalue weighted by molar-refractivity contribution is -0.112. The summed E-state index contributed by atoms with van der Waals surface area (Å²) in [5.74, 6) is -0.847. The minimum Gasteiger partial charge on any atom is -0.478 e. The minimum atomic E-state index is -1.03. The van der Waals surface area contributed by atoms with Crippen LogP contribution in [0.5, 0.6) is 0 Å². The van der Waals surface area contributed by atoms with Crippen molar-refractivity contribution in [2.75, 3.05) is 18.4 Å². The molecule has 2 rings (SSSR count). The van der Waals surface area contributed by atoms with Crippen LogP contribution >= 0.6 is 0 Å². The van der Waals surface area contributed by atoms with Crippen molar-refractivity contribution in [2.24, 2.45) is 5.92 Å². The molecule has 23 heavy (non-hydrogen) atoms. The van der Waals surface area contributed by atoms with E-state index in [9.17, 15) is 14.9 Å². The molecule has 0 bridgehead atoms. The Morgan fingerprint density at radius 2 is 1.91 bits per heavy atom. The van der Waals surface area contributed by atoms with Crippen LogP contribution in [0.3, 0.4) is 0 Å². The zero-order chi connectivity index (χ0) is 16.8. The second-order valence-corrected chi connectivity index (χ2v) is 5.71. The van der Waals surface area contributed by atoms with Gasteiger partial charge in [0.15, 0.2) is 0 Å². The summed E-state index contributed by atoms with van der Waals surface area (Å²) in [6, 6.07) is 7.73. The van der Waals surface area contributed by atoms with E-state index in [2.05, 4.69) is 12.2 Å². The van der Waals surface area contributed by atoms with Gasteiger partial charge in [-0.05, 0) is 43.0 Å².